The highest BCUT2D eigenvalue weighted by Gasteiger charge is 2.71. The van der Waals surface area contributed by atoms with Crippen molar-refractivity contribution >= 4 is 17.8 Å². The Morgan fingerprint density at radius 3 is 2.31 bits per heavy atom. The fourth-order valence-corrected chi connectivity index (χ4v) is 10.1. The molecule has 6 aliphatic rings. The Morgan fingerprint density at radius 1 is 1.00 bits per heavy atom. The molecule has 7 nitrogen and oxygen atoms in total. The van der Waals surface area contributed by atoms with E-state index in [1.54, 1.807) is 0 Å². The van der Waals surface area contributed by atoms with Gasteiger partial charge < -0.3 is 19.1 Å². The Hall–Kier alpha value is -1.89. The minimum absolute atomic E-state index is 0.0379. The lowest BCUT2D eigenvalue weighted by atomic mass is 9.34. The van der Waals surface area contributed by atoms with Crippen LogP contribution in [-0.2, 0) is 28.6 Å². The van der Waals surface area contributed by atoms with E-state index in [-0.39, 0.29) is 46.9 Å². The number of rotatable bonds is 6. The Labute approximate surface area is 234 Å². The van der Waals surface area contributed by atoms with Gasteiger partial charge in [0.2, 0.25) is 5.91 Å². The molecule has 1 aliphatic heterocycles. The lowest BCUT2D eigenvalue weighted by Gasteiger charge is -2.69. The van der Waals surface area contributed by atoms with Crippen molar-refractivity contribution < 1.29 is 28.6 Å². The molecule has 0 N–H and O–H groups in total. The molecule has 6 rings (SSSR count). The van der Waals surface area contributed by atoms with Crippen molar-refractivity contribution in [3.05, 3.63) is 11.6 Å². The van der Waals surface area contributed by atoms with Crippen molar-refractivity contribution in [3.63, 3.8) is 0 Å². The largest absolute Gasteiger partial charge is 0.466 e. The third-order valence-corrected chi connectivity index (χ3v) is 11.6. The highest BCUT2D eigenvalue weighted by atomic mass is 16.5. The molecule has 218 valence electrons. The van der Waals surface area contributed by atoms with Crippen molar-refractivity contribution in [3.8, 4) is 0 Å². The molecule has 0 aromatic heterocycles. The summed E-state index contributed by atoms with van der Waals surface area (Å²) < 4.78 is 16.9. The van der Waals surface area contributed by atoms with Gasteiger partial charge in [-0.25, -0.2) is 0 Å². The maximum absolute atomic E-state index is 14.1. The molecule has 2 bridgehead atoms. The van der Waals surface area contributed by atoms with Crippen LogP contribution in [0.4, 0.5) is 0 Å². The van der Waals surface area contributed by atoms with Gasteiger partial charge in [-0.05, 0) is 75.0 Å². The zero-order valence-corrected chi connectivity index (χ0v) is 24.9. The topological polar surface area (TPSA) is 82.1 Å². The minimum atomic E-state index is -0.538. The molecular weight excluding hydrogens is 494 g/mol. The Kier molecular flexibility index (Phi) is 7.71. The van der Waals surface area contributed by atoms with E-state index in [2.05, 4.69) is 33.8 Å². The van der Waals surface area contributed by atoms with Crippen LogP contribution in [0.3, 0.4) is 0 Å². The van der Waals surface area contributed by atoms with Crippen LogP contribution >= 0.6 is 0 Å². The molecule has 4 fully saturated rings. The number of morpholine rings is 1. The van der Waals surface area contributed by atoms with Gasteiger partial charge in [0.05, 0.1) is 38.3 Å². The summed E-state index contributed by atoms with van der Waals surface area (Å²) in [6.07, 6.45) is 7.93. The van der Waals surface area contributed by atoms with Gasteiger partial charge in [0.1, 0.15) is 0 Å². The standard InChI is InChI=1S/C32H49NO6/c1-7-38-27(34)25-21-18-24-30(5)11-9-12-31(6,29(36)33-14-16-37-17-15-33)23(30)10-13-32(24,19-22(21)20(3)4)26(25)28(35)39-8-2/h19-21,23-26H,7-18H2,1-6H3/t21-,23+,24+,25-,26-,30-,31+,32-/m0/s1. The predicted octanol–water partition coefficient (Wildman–Crippen LogP) is 5.03. The van der Waals surface area contributed by atoms with Crippen molar-refractivity contribution in [1.29, 1.82) is 0 Å². The van der Waals surface area contributed by atoms with Crippen LogP contribution in [0.5, 0.6) is 0 Å². The first kappa shape index (κ1) is 28.6. The van der Waals surface area contributed by atoms with Crippen LogP contribution in [0.2, 0.25) is 0 Å². The molecule has 1 heterocycles. The fraction of sp³-hybridized carbons (Fsp3) is 0.844. The summed E-state index contributed by atoms with van der Waals surface area (Å²) in [7, 11) is 0. The predicted molar refractivity (Wildman–Crippen MR) is 147 cm³/mol. The molecule has 1 amide bonds. The molecule has 39 heavy (non-hydrogen) atoms. The van der Waals surface area contributed by atoms with E-state index in [4.69, 9.17) is 14.2 Å². The van der Waals surface area contributed by atoms with E-state index in [9.17, 15) is 14.4 Å². The first-order chi connectivity index (χ1) is 18.5. The molecule has 8 atom stereocenters. The fourth-order valence-electron chi connectivity index (χ4n) is 10.1. The summed E-state index contributed by atoms with van der Waals surface area (Å²) in [6, 6.07) is 0. The van der Waals surface area contributed by atoms with Crippen LogP contribution in [0.25, 0.3) is 0 Å². The minimum Gasteiger partial charge on any atom is -0.466 e. The second-order valence-corrected chi connectivity index (χ2v) is 13.6. The van der Waals surface area contributed by atoms with Gasteiger partial charge >= 0.3 is 11.9 Å². The van der Waals surface area contributed by atoms with Gasteiger partial charge in [-0.15, -0.1) is 0 Å². The summed E-state index contributed by atoms with van der Waals surface area (Å²) in [4.78, 5) is 43.5. The SMILES string of the molecule is CCOC(=O)[C@@H]1[C@@H](C(=O)OCC)[C@@]23C=C(C(C)C)[C@@H]1C[C@@H]2[C@@]1(C)CCC[C@@](C)(C(=O)N2CCOCC2)[C@@H]1CC3. The second kappa shape index (κ2) is 10.5. The third-order valence-electron chi connectivity index (χ3n) is 11.6. The Bertz CT molecular complexity index is 1020. The molecule has 0 aromatic carbocycles. The number of carbonyl (C=O) groups excluding carboxylic acids is 3. The lowest BCUT2D eigenvalue weighted by Crippen LogP contribution is -2.67. The zero-order valence-electron chi connectivity index (χ0n) is 24.9. The number of fused-ring (bicyclic) bond motifs is 2. The van der Waals surface area contributed by atoms with Crippen LogP contribution in [-0.4, -0.2) is 62.3 Å². The number of allylic oxidation sites excluding steroid dienone is 2. The third kappa shape index (κ3) is 4.28. The molecule has 1 saturated heterocycles. The van der Waals surface area contributed by atoms with E-state index >= 15 is 0 Å². The first-order valence-electron chi connectivity index (χ1n) is 15.5. The quantitative estimate of drug-likeness (QED) is 0.345. The Morgan fingerprint density at radius 2 is 1.67 bits per heavy atom. The highest BCUT2D eigenvalue weighted by molar-refractivity contribution is 5.85. The number of esters is 2. The van der Waals surface area contributed by atoms with E-state index in [0.717, 1.165) is 38.5 Å². The summed E-state index contributed by atoms with van der Waals surface area (Å²) in [5.74, 6) is -0.568. The number of carbonyl (C=O) groups is 3. The molecule has 0 radical (unpaired) electrons. The maximum Gasteiger partial charge on any atom is 0.310 e. The van der Waals surface area contributed by atoms with Crippen molar-refractivity contribution in [2.75, 3.05) is 39.5 Å². The molecule has 7 heteroatoms. The lowest BCUT2D eigenvalue weighted by molar-refractivity contribution is -0.209. The molecular formula is C32H49NO6. The molecule has 0 aromatic rings. The van der Waals surface area contributed by atoms with Gasteiger partial charge in [0.25, 0.3) is 0 Å². The van der Waals surface area contributed by atoms with Crippen molar-refractivity contribution in [2.24, 2.45) is 51.8 Å². The van der Waals surface area contributed by atoms with Crippen LogP contribution < -0.4 is 0 Å². The number of ether oxygens (including phenoxy) is 3. The smallest absolute Gasteiger partial charge is 0.310 e. The number of hydrogen-bond donors (Lipinski definition) is 0. The van der Waals surface area contributed by atoms with Crippen LogP contribution in [0.1, 0.15) is 80.1 Å². The van der Waals surface area contributed by atoms with Gasteiger partial charge in [-0.1, -0.05) is 45.8 Å². The molecule has 0 unspecified atom stereocenters. The van der Waals surface area contributed by atoms with E-state index in [1.165, 1.54) is 5.57 Å². The Balaban J connectivity index is 1.59. The normalized spacial score (nSPS) is 41.4. The van der Waals surface area contributed by atoms with Crippen LogP contribution in [0, 0.1) is 51.8 Å². The number of nitrogens with zero attached hydrogens (tertiary/aromatic N) is 1. The summed E-state index contributed by atoms with van der Waals surface area (Å²) in [5, 5.41) is 0. The van der Waals surface area contributed by atoms with Gasteiger partial charge in [0, 0.05) is 23.9 Å². The summed E-state index contributed by atoms with van der Waals surface area (Å²) >= 11 is 0. The van der Waals surface area contributed by atoms with E-state index in [1.807, 2.05) is 18.7 Å². The van der Waals surface area contributed by atoms with Crippen molar-refractivity contribution in [2.45, 2.75) is 80.1 Å². The highest BCUT2D eigenvalue weighted by Crippen LogP contribution is 2.73. The van der Waals surface area contributed by atoms with E-state index < -0.39 is 22.7 Å². The monoisotopic (exact) mass is 543 g/mol. The van der Waals surface area contributed by atoms with Crippen molar-refractivity contribution in [1.82, 2.24) is 4.90 Å². The summed E-state index contributed by atoms with van der Waals surface area (Å²) in [6.45, 7) is 15.8. The number of amides is 1. The van der Waals surface area contributed by atoms with E-state index in [0.29, 0.717) is 39.5 Å². The molecule has 1 spiro atoms. The molecule has 5 aliphatic carbocycles. The number of hydrogen-bond acceptors (Lipinski definition) is 6. The summed E-state index contributed by atoms with van der Waals surface area (Å²) in [5.41, 5.74) is 0.320. The maximum atomic E-state index is 14.1. The first-order valence-corrected chi connectivity index (χ1v) is 15.5. The molecule has 3 saturated carbocycles. The van der Waals surface area contributed by atoms with Gasteiger partial charge in [0.15, 0.2) is 0 Å². The average Bonchev–Trinajstić information content (AvgIpc) is 2.92. The van der Waals surface area contributed by atoms with Crippen LogP contribution in [0.15, 0.2) is 11.6 Å². The average molecular weight is 544 g/mol. The van der Waals surface area contributed by atoms with Gasteiger partial charge in [-0.2, -0.15) is 0 Å². The van der Waals surface area contributed by atoms with Gasteiger partial charge in [-0.3, -0.25) is 14.4 Å². The second-order valence-electron chi connectivity index (χ2n) is 13.6. The zero-order chi connectivity index (χ0) is 28.2.